The lowest BCUT2D eigenvalue weighted by molar-refractivity contribution is -0.119. The molecule has 1 fully saturated rings. The Balaban J connectivity index is 1.68. The number of nitrogens with one attached hydrogen (secondary N) is 1. The topological polar surface area (TPSA) is 98.5 Å². The van der Waals surface area contributed by atoms with Gasteiger partial charge in [-0.2, -0.15) is 5.10 Å². The molecule has 2 aromatic rings. The Morgan fingerprint density at radius 1 is 1.30 bits per heavy atom. The van der Waals surface area contributed by atoms with Crippen molar-refractivity contribution in [3.63, 3.8) is 0 Å². The maximum Gasteiger partial charge on any atom is 0.414 e. The van der Waals surface area contributed by atoms with Gasteiger partial charge in [0.25, 0.3) is 5.91 Å². The van der Waals surface area contributed by atoms with Crippen LogP contribution in [0.3, 0.4) is 0 Å². The third-order valence-electron chi connectivity index (χ3n) is 4.05. The van der Waals surface area contributed by atoms with Gasteiger partial charge in [0.2, 0.25) is 0 Å². The number of rotatable bonds is 6. The van der Waals surface area contributed by atoms with Crippen molar-refractivity contribution in [3.05, 3.63) is 41.1 Å². The fraction of sp³-hybridized carbons (Fsp3) is 0.375. The molecule has 1 saturated heterocycles. The first kappa shape index (κ1) is 19.2. The van der Waals surface area contributed by atoms with Crippen molar-refractivity contribution in [1.29, 1.82) is 0 Å². The number of cyclic esters (lactones) is 1. The molecule has 0 radical (unpaired) electrons. The Hall–Kier alpha value is -2.52. The van der Waals surface area contributed by atoms with Gasteiger partial charge in [-0.25, -0.2) is 18.8 Å². The minimum absolute atomic E-state index is 0.112. The first-order chi connectivity index (χ1) is 12.9. The van der Waals surface area contributed by atoms with Crippen LogP contribution in [-0.4, -0.2) is 50.4 Å². The summed E-state index contributed by atoms with van der Waals surface area (Å²) in [5.41, 5.74) is 1.01. The zero-order chi connectivity index (χ0) is 19.6. The van der Waals surface area contributed by atoms with Crippen LogP contribution in [0, 0.1) is 0 Å². The number of anilines is 1. The summed E-state index contributed by atoms with van der Waals surface area (Å²) >= 11 is 10.9. The smallest absolute Gasteiger partial charge is 0.414 e. The van der Waals surface area contributed by atoms with E-state index in [2.05, 4.69) is 10.4 Å². The van der Waals surface area contributed by atoms with Gasteiger partial charge in [-0.05, 0) is 31.2 Å². The van der Waals surface area contributed by atoms with Gasteiger partial charge >= 0.3 is 11.8 Å². The molecule has 1 aromatic carbocycles. The molecule has 0 unspecified atom stereocenters. The second-order valence-electron chi connectivity index (χ2n) is 5.78. The van der Waals surface area contributed by atoms with Gasteiger partial charge in [0.05, 0.1) is 18.8 Å². The molecular weight excluding hydrogens is 397 g/mol. The summed E-state index contributed by atoms with van der Waals surface area (Å²) in [6, 6.07) is 6.85. The van der Waals surface area contributed by atoms with E-state index in [0.29, 0.717) is 17.9 Å². The van der Waals surface area contributed by atoms with Crippen LogP contribution in [-0.2, 0) is 16.1 Å². The normalized spacial score (nSPS) is 16.7. The molecule has 1 aromatic heterocycles. The monoisotopic (exact) mass is 413 g/mol. The molecule has 2 amide bonds. The first-order valence-electron chi connectivity index (χ1n) is 8.19. The highest BCUT2D eigenvalue weighted by atomic mass is 35.5. The summed E-state index contributed by atoms with van der Waals surface area (Å²) in [4.78, 5) is 35.9. The lowest BCUT2D eigenvalue weighted by Crippen LogP contribution is -2.37. The van der Waals surface area contributed by atoms with Crippen LogP contribution < -0.4 is 15.9 Å². The largest absolute Gasteiger partial charge is 0.442 e. The van der Waals surface area contributed by atoms with Crippen LogP contribution in [0.25, 0.3) is 5.69 Å². The van der Waals surface area contributed by atoms with Crippen LogP contribution in [0.5, 0.6) is 0 Å². The maximum absolute atomic E-state index is 12.1. The van der Waals surface area contributed by atoms with E-state index in [0.717, 1.165) is 0 Å². The third-order valence-corrected chi connectivity index (χ3v) is 4.45. The van der Waals surface area contributed by atoms with Crippen molar-refractivity contribution in [3.8, 4) is 5.69 Å². The molecule has 1 atom stereocenters. The molecule has 2 heterocycles. The van der Waals surface area contributed by atoms with Crippen LogP contribution in [0.15, 0.2) is 35.4 Å². The number of benzene rings is 1. The predicted molar refractivity (Wildman–Crippen MR) is 99.6 cm³/mol. The molecule has 9 nitrogen and oxygen atoms in total. The highest BCUT2D eigenvalue weighted by Crippen LogP contribution is 2.22. The minimum Gasteiger partial charge on any atom is -0.442 e. The Bertz CT molecular complexity index is 893. The number of ether oxygens (including phenoxy) is 1. The van der Waals surface area contributed by atoms with Crippen LogP contribution in [0.2, 0.25) is 0 Å². The molecule has 0 saturated carbocycles. The second-order valence-corrected chi connectivity index (χ2v) is 6.87. The number of hydrogen-bond acceptors (Lipinski definition) is 5. The number of halogens is 2. The van der Waals surface area contributed by atoms with Gasteiger partial charge in [-0.15, -0.1) is 0 Å². The third kappa shape index (κ3) is 4.09. The summed E-state index contributed by atoms with van der Waals surface area (Å²) in [6.07, 6.45) is 0.412. The number of alkyl halides is 2. The summed E-state index contributed by atoms with van der Waals surface area (Å²) in [6.45, 7) is 2.69. The Morgan fingerprint density at radius 2 is 1.96 bits per heavy atom. The zero-order valence-corrected chi connectivity index (χ0v) is 15.9. The van der Waals surface area contributed by atoms with Crippen molar-refractivity contribution in [2.24, 2.45) is 0 Å². The van der Waals surface area contributed by atoms with E-state index in [4.69, 9.17) is 27.9 Å². The molecule has 27 heavy (non-hydrogen) atoms. The molecule has 0 bridgehead atoms. The highest BCUT2D eigenvalue weighted by Gasteiger charge is 2.32. The van der Waals surface area contributed by atoms with Crippen LogP contribution >= 0.6 is 23.2 Å². The number of hydrogen-bond donors (Lipinski definition) is 1. The highest BCUT2D eigenvalue weighted by molar-refractivity contribution is 6.53. The number of carbonyl (C=O) groups is 2. The van der Waals surface area contributed by atoms with E-state index in [1.165, 1.54) is 20.5 Å². The quantitative estimate of drug-likeness (QED) is 0.719. The van der Waals surface area contributed by atoms with E-state index in [1.54, 1.807) is 24.3 Å². The van der Waals surface area contributed by atoms with Crippen LogP contribution in [0.4, 0.5) is 10.5 Å². The maximum atomic E-state index is 12.1. The average molecular weight is 414 g/mol. The summed E-state index contributed by atoms with van der Waals surface area (Å²) < 4.78 is 7.99. The van der Waals surface area contributed by atoms with Crippen molar-refractivity contribution in [1.82, 2.24) is 19.7 Å². The van der Waals surface area contributed by atoms with Crippen molar-refractivity contribution in [2.75, 3.05) is 18.0 Å². The molecule has 0 aliphatic carbocycles. The number of carbonyl (C=O) groups excluding carboxylic acids is 2. The zero-order valence-electron chi connectivity index (χ0n) is 14.3. The van der Waals surface area contributed by atoms with Gasteiger partial charge < -0.3 is 10.1 Å². The van der Waals surface area contributed by atoms with E-state index >= 15 is 0 Å². The molecule has 1 aliphatic heterocycles. The summed E-state index contributed by atoms with van der Waals surface area (Å²) in [7, 11) is 0. The first-order valence-corrected chi connectivity index (χ1v) is 9.07. The molecular formula is C16H17Cl2N5O4. The molecule has 11 heteroatoms. The van der Waals surface area contributed by atoms with Crippen molar-refractivity contribution < 1.29 is 14.3 Å². The Labute approximate surface area is 164 Å². The van der Waals surface area contributed by atoms with Gasteiger partial charge in [-0.3, -0.25) is 9.69 Å². The van der Waals surface area contributed by atoms with Gasteiger partial charge in [-0.1, -0.05) is 23.2 Å². The minimum atomic E-state index is -1.17. The molecule has 144 valence electrons. The van der Waals surface area contributed by atoms with E-state index in [9.17, 15) is 14.4 Å². The summed E-state index contributed by atoms with van der Waals surface area (Å²) in [5, 5.41) is 6.52. The fourth-order valence-corrected chi connectivity index (χ4v) is 2.81. The number of aromatic nitrogens is 3. The lowest BCUT2D eigenvalue weighted by Gasteiger charge is -2.14. The molecule has 1 aliphatic rings. The molecule has 1 N–H and O–H groups in total. The van der Waals surface area contributed by atoms with Crippen molar-refractivity contribution in [2.45, 2.75) is 24.4 Å². The van der Waals surface area contributed by atoms with E-state index < -0.39 is 22.9 Å². The van der Waals surface area contributed by atoms with Gasteiger partial charge in [0.15, 0.2) is 4.84 Å². The second kappa shape index (κ2) is 8.01. The Morgan fingerprint density at radius 3 is 2.56 bits per heavy atom. The summed E-state index contributed by atoms with van der Waals surface area (Å²) in [5.74, 6) is -0.546. The lowest BCUT2D eigenvalue weighted by atomic mass is 10.2. The molecule has 3 rings (SSSR count). The molecule has 0 spiro atoms. The van der Waals surface area contributed by atoms with Crippen LogP contribution in [0.1, 0.15) is 6.92 Å². The standard InChI is InChI=1S/C16H17Cl2N5O4/c1-2-23-15(25)22(9-20-23)11-5-3-10(4-6-11)21-8-12(27-16(21)26)7-19-14(24)13(17)18/h3-6,9,12-13H,2,7-8H2,1H3,(H,19,24)/t12-/m0/s1. The Kier molecular flexibility index (Phi) is 5.71. The fourth-order valence-electron chi connectivity index (χ4n) is 2.65. The van der Waals surface area contributed by atoms with Crippen molar-refractivity contribution >= 4 is 40.9 Å². The number of nitrogens with zero attached hydrogens (tertiary/aromatic N) is 4. The number of amides is 2. The number of aryl methyl sites for hydroxylation is 1. The van der Waals surface area contributed by atoms with E-state index in [1.807, 2.05) is 6.92 Å². The SMILES string of the molecule is CCn1ncn(-c2ccc(N3C[C@H](CNC(=O)C(Cl)Cl)OC3=O)cc2)c1=O. The van der Waals surface area contributed by atoms with Gasteiger partial charge in [0, 0.05) is 12.2 Å². The predicted octanol–water partition coefficient (Wildman–Crippen LogP) is 1.30. The van der Waals surface area contributed by atoms with E-state index in [-0.39, 0.29) is 18.8 Å². The average Bonchev–Trinajstić information content (AvgIpc) is 3.22. The van der Waals surface area contributed by atoms with Gasteiger partial charge in [0.1, 0.15) is 12.4 Å².